The zero-order valence-corrected chi connectivity index (χ0v) is 12.8. The lowest BCUT2D eigenvalue weighted by Gasteiger charge is -2.25. The van der Waals surface area contributed by atoms with Crippen LogP contribution in [-0.4, -0.2) is 17.3 Å². The van der Waals surface area contributed by atoms with Crippen LogP contribution in [0.3, 0.4) is 0 Å². The van der Waals surface area contributed by atoms with E-state index in [1.54, 1.807) is 4.68 Å². The molecule has 2 rings (SSSR count). The highest BCUT2D eigenvalue weighted by Gasteiger charge is 2.26. The number of hydrogen-bond donors (Lipinski definition) is 0. The van der Waals surface area contributed by atoms with E-state index in [0.717, 1.165) is 11.4 Å². The van der Waals surface area contributed by atoms with E-state index >= 15 is 0 Å². The molecular formula is C13H17ClN2OSi. The maximum atomic E-state index is 12.3. The molecule has 0 aliphatic heterocycles. The number of rotatable bonds is 2. The van der Waals surface area contributed by atoms with Gasteiger partial charge in [0.05, 0.1) is 5.69 Å². The number of halogens is 1. The SMILES string of the molecule is Cc1c(Cl)c(=O)n(-c2ccccc2)n1[Si](C)(C)C. The molecule has 96 valence electrons. The van der Waals surface area contributed by atoms with E-state index in [1.165, 1.54) is 0 Å². The molecule has 18 heavy (non-hydrogen) atoms. The van der Waals surface area contributed by atoms with Gasteiger partial charge in [0, 0.05) is 5.69 Å². The summed E-state index contributed by atoms with van der Waals surface area (Å²) in [6.45, 7) is 8.47. The van der Waals surface area contributed by atoms with E-state index in [1.807, 2.05) is 37.3 Å². The van der Waals surface area contributed by atoms with Crippen LogP contribution in [0.25, 0.3) is 5.69 Å². The third-order valence-corrected chi connectivity index (χ3v) is 5.09. The number of para-hydroxylation sites is 1. The van der Waals surface area contributed by atoms with Gasteiger partial charge in [-0.15, -0.1) is 0 Å². The summed E-state index contributed by atoms with van der Waals surface area (Å²) in [5.41, 5.74) is 1.58. The van der Waals surface area contributed by atoms with Crippen molar-refractivity contribution in [1.29, 1.82) is 0 Å². The van der Waals surface area contributed by atoms with Gasteiger partial charge in [0.15, 0.2) is 8.24 Å². The Bertz CT molecular complexity index is 623. The maximum absolute atomic E-state index is 12.3. The van der Waals surface area contributed by atoms with E-state index in [9.17, 15) is 4.79 Å². The monoisotopic (exact) mass is 280 g/mol. The Hall–Kier alpha value is -1.26. The fraction of sp³-hybridized carbons (Fsp3) is 0.308. The van der Waals surface area contributed by atoms with Crippen LogP contribution >= 0.6 is 11.6 Å². The lowest BCUT2D eigenvalue weighted by atomic mass is 10.3. The molecule has 0 N–H and O–H groups in total. The zero-order chi connectivity index (χ0) is 13.5. The van der Waals surface area contributed by atoms with Crippen LogP contribution in [0.4, 0.5) is 0 Å². The molecule has 2 aromatic rings. The van der Waals surface area contributed by atoms with Crippen LogP contribution in [0.15, 0.2) is 35.1 Å². The molecule has 1 aromatic carbocycles. The first-order valence-corrected chi connectivity index (χ1v) is 9.72. The summed E-state index contributed by atoms with van der Waals surface area (Å²) in [5, 5.41) is 0.321. The minimum atomic E-state index is -1.72. The molecule has 0 radical (unpaired) electrons. The Kier molecular flexibility index (Phi) is 3.25. The summed E-state index contributed by atoms with van der Waals surface area (Å²) in [5.74, 6) is 0. The van der Waals surface area contributed by atoms with Crippen molar-refractivity contribution >= 4 is 19.8 Å². The third-order valence-electron chi connectivity index (χ3n) is 2.85. The van der Waals surface area contributed by atoms with Gasteiger partial charge in [0.25, 0.3) is 5.56 Å². The van der Waals surface area contributed by atoms with Gasteiger partial charge in [0.1, 0.15) is 5.02 Å². The van der Waals surface area contributed by atoms with Gasteiger partial charge in [-0.2, -0.15) is 0 Å². The van der Waals surface area contributed by atoms with Gasteiger partial charge >= 0.3 is 0 Å². The van der Waals surface area contributed by atoms with Crippen LogP contribution in [0.2, 0.25) is 24.7 Å². The fourth-order valence-corrected chi connectivity index (χ4v) is 4.34. The molecule has 5 heteroatoms. The lowest BCUT2D eigenvalue weighted by Crippen LogP contribution is -2.39. The highest BCUT2D eigenvalue weighted by Crippen LogP contribution is 2.19. The molecule has 0 atom stereocenters. The Morgan fingerprint density at radius 2 is 1.67 bits per heavy atom. The summed E-state index contributed by atoms with van der Waals surface area (Å²) in [6, 6.07) is 9.63. The topological polar surface area (TPSA) is 26.9 Å². The van der Waals surface area contributed by atoms with Gasteiger partial charge in [-0.3, -0.25) is 4.79 Å². The normalized spacial score (nSPS) is 11.8. The van der Waals surface area contributed by atoms with E-state index in [4.69, 9.17) is 11.6 Å². The average molecular weight is 281 g/mol. The minimum absolute atomic E-state index is 0.136. The number of hydrogen-bond acceptors (Lipinski definition) is 1. The van der Waals surface area contributed by atoms with Gasteiger partial charge in [-0.05, 0) is 38.7 Å². The molecule has 0 saturated carbocycles. The molecular weight excluding hydrogens is 264 g/mol. The summed E-state index contributed by atoms with van der Waals surface area (Å²) in [4.78, 5) is 12.3. The maximum Gasteiger partial charge on any atom is 0.289 e. The quantitative estimate of drug-likeness (QED) is 0.776. The Morgan fingerprint density at radius 3 is 2.17 bits per heavy atom. The van der Waals surface area contributed by atoms with Crippen molar-refractivity contribution < 1.29 is 0 Å². The minimum Gasteiger partial charge on any atom is -0.310 e. The van der Waals surface area contributed by atoms with E-state index in [-0.39, 0.29) is 5.56 Å². The van der Waals surface area contributed by atoms with Gasteiger partial charge in [0.2, 0.25) is 0 Å². The molecule has 0 fully saturated rings. The predicted octanol–water partition coefficient (Wildman–Crippen LogP) is 3.28. The second-order valence-electron chi connectivity index (χ2n) is 5.33. The van der Waals surface area contributed by atoms with Gasteiger partial charge < -0.3 is 4.35 Å². The lowest BCUT2D eigenvalue weighted by molar-refractivity contribution is 0.742. The molecule has 1 heterocycles. The van der Waals surface area contributed by atoms with Crippen molar-refractivity contribution in [1.82, 2.24) is 9.03 Å². The molecule has 0 amide bonds. The first kappa shape index (κ1) is 13.2. The summed E-state index contributed by atoms with van der Waals surface area (Å²) >= 11 is 6.13. The largest absolute Gasteiger partial charge is 0.310 e. The van der Waals surface area contributed by atoms with Crippen molar-refractivity contribution in [2.24, 2.45) is 0 Å². The second-order valence-corrected chi connectivity index (χ2v) is 10.5. The Morgan fingerprint density at radius 1 is 1.11 bits per heavy atom. The number of nitrogens with zero attached hydrogens (tertiary/aromatic N) is 2. The van der Waals surface area contributed by atoms with Crippen molar-refractivity contribution in [3.8, 4) is 5.69 Å². The van der Waals surface area contributed by atoms with Crippen LogP contribution in [0.1, 0.15) is 5.69 Å². The van der Waals surface area contributed by atoms with Crippen LogP contribution in [0, 0.1) is 6.92 Å². The van der Waals surface area contributed by atoms with Crippen molar-refractivity contribution in [2.75, 3.05) is 0 Å². The molecule has 0 aliphatic rings. The smallest absolute Gasteiger partial charge is 0.289 e. The molecule has 1 aromatic heterocycles. The Labute approximate surface area is 113 Å². The highest BCUT2D eigenvalue weighted by molar-refractivity contribution is 6.74. The van der Waals surface area contributed by atoms with E-state index in [2.05, 4.69) is 24.0 Å². The standard InChI is InChI=1S/C13H17ClN2OSi/c1-10-12(14)13(17)15(16(10)18(2,3)4)11-8-6-5-7-9-11/h5-9H,1-4H3. The second kappa shape index (κ2) is 4.44. The van der Waals surface area contributed by atoms with Crippen LogP contribution in [0.5, 0.6) is 0 Å². The van der Waals surface area contributed by atoms with Crippen LogP contribution in [-0.2, 0) is 0 Å². The van der Waals surface area contributed by atoms with Crippen LogP contribution < -0.4 is 5.56 Å². The third kappa shape index (κ3) is 2.06. The summed E-state index contributed by atoms with van der Waals surface area (Å²) in [6.07, 6.45) is 0. The predicted molar refractivity (Wildman–Crippen MR) is 78.5 cm³/mol. The molecule has 0 bridgehead atoms. The van der Waals surface area contributed by atoms with Gasteiger partial charge in [-0.25, -0.2) is 4.68 Å². The molecule has 0 spiro atoms. The fourth-order valence-electron chi connectivity index (χ4n) is 2.19. The molecule has 0 aliphatic carbocycles. The van der Waals surface area contributed by atoms with E-state index in [0.29, 0.717) is 5.02 Å². The van der Waals surface area contributed by atoms with Gasteiger partial charge in [-0.1, -0.05) is 29.8 Å². The van der Waals surface area contributed by atoms with Crippen molar-refractivity contribution in [3.63, 3.8) is 0 Å². The first-order chi connectivity index (χ1) is 8.34. The molecule has 0 unspecified atom stereocenters. The molecule has 0 saturated heterocycles. The zero-order valence-electron chi connectivity index (χ0n) is 11.1. The summed E-state index contributed by atoms with van der Waals surface area (Å²) in [7, 11) is -1.72. The highest BCUT2D eigenvalue weighted by atomic mass is 35.5. The average Bonchev–Trinajstić information content (AvgIpc) is 2.54. The summed E-state index contributed by atoms with van der Waals surface area (Å²) < 4.78 is 3.77. The Balaban J connectivity index is 2.83. The van der Waals surface area contributed by atoms with Crippen molar-refractivity contribution in [3.05, 3.63) is 51.4 Å². The first-order valence-electron chi connectivity index (χ1n) is 5.90. The molecule has 3 nitrogen and oxygen atoms in total. The number of aromatic nitrogens is 2. The number of benzene rings is 1. The van der Waals surface area contributed by atoms with Crippen molar-refractivity contribution in [2.45, 2.75) is 26.6 Å². The van der Waals surface area contributed by atoms with E-state index < -0.39 is 8.24 Å².